The number of hydrogen-bond donors (Lipinski definition) is 8. The van der Waals surface area contributed by atoms with Crippen molar-refractivity contribution in [2.45, 2.75) is 135 Å². The second-order valence-corrected chi connectivity index (χ2v) is 27.1. The van der Waals surface area contributed by atoms with Crippen LogP contribution in [0, 0.1) is 70.0 Å². The highest BCUT2D eigenvalue weighted by Gasteiger charge is 2.69. The van der Waals surface area contributed by atoms with E-state index in [2.05, 4.69) is 124 Å². The first-order valence-corrected chi connectivity index (χ1v) is 32.1. The van der Waals surface area contributed by atoms with Crippen molar-refractivity contribution in [3.63, 3.8) is 0 Å². The molecule has 0 radical (unpaired) electrons. The van der Waals surface area contributed by atoms with Gasteiger partial charge in [-0.25, -0.2) is 9.59 Å². The first-order valence-electron chi connectivity index (χ1n) is 32.1. The van der Waals surface area contributed by atoms with Crippen LogP contribution < -0.4 is 26.6 Å². The maximum atomic E-state index is 15.4. The quantitative estimate of drug-likeness (QED) is 0.0590. The topological polar surface area (TPSA) is 173 Å². The minimum absolute atomic E-state index is 0.00694. The number of ether oxygens (including phenoxy) is 2. The van der Waals surface area contributed by atoms with Gasteiger partial charge in [-0.3, -0.25) is 0 Å². The van der Waals surface area contributed by atoms with Crippen LogP contribution in [0.2, 0.25) is 0 Å². The Morgan fingerprint density at radius 1 is 0.847 bits per heavy atom. The molecule has 4 aromatic carbocycles. The molecule has 12 heteroatoms. The number of hydrogen-bond acceptors (Lipinski definition) is 12. The Kier molecular flexibility index (Phi) is 16.3. The summed E-state index contributed by atoms with van der Waals surface area (Å²) in [6, 6.07) is 31.8. The summed E-state index contributed by atoms with van der Waals surface area (Å²) >= 11 is 0. The van der Waals surface area contributed by atoms with E-state index in [9.17, 15) is 15.3 Å². The molecule has 1 spiro atoms. The Morgan fingerprint density at radius 3 is 2.54 bits per heavy atom. The minimum Gasteiger partial charge on any atom is -0.508 e. The molecule has 8 N–H and O–H groups in total. The zero-order valence-electron chi connectivity index (χ0n) is 50.2. The fourth-order valence-corrected chi connectivity index (χ4v) is 17.9. The van der Waals surface area contributed by atoms with E-state index in [0.717, 1.165) is 111 Å². The van der Waals surface area contributed by atoms with Crippen LogP contribution in [-0.2, 0) is 45.0 Å². The third kappa shape index (κ3) is 10.9. The smallest absolute Gasteiger partial charge is 0.340 e. The molecule has 0 aromatic heterocycles. The van der Waals surface area contributed by atoms with E-state index in [4.69, 9.17) is 9.47 Å². The molecule has 6 heterocycles. The lowest BCUT2D eigenvalue weighted by Crippen LogP contribution is -2.52. The van der Waals surface area contributed by atoms with Crippen LogP contribution in [0.1, 0.15) is 130 Å². The number of esters is 2. The Morgan fingerprint density at radius 2 is 1.72 bits per heavy atom. The summed E-state index contributed by atoms with van der Waals surface area (Å²) in [7, 11) is 4.04. The highest BCUT2D eigenvalue weighted by molar-refractivity contribution is 6.07. The van der Waals surface area contributed by atoms with Gasteiger partial charge in [0.05, 0.1) is 29.4 Å². The summed E-state index contributed by atoms with van der Waals surface area (Å²) in [5.74, 6) is 7.63. The molecule has 85 heavy (non-hydrogen) atoms. The summed E-state index contributed by atoms with van der Waals surface area (Å²) in [6.07, 6.45) is 15.6. The van der Waals surface area contributed by atoms with Gasteiger partial charge >= 0.3 is 11.9 Å². The SMILES string of the molecule is CC[C@H](/C=C1\OC(=O)C2=C3c4cc(O)ccc4-c4cccc(c4)CNCCc4cc(CNC)cc(c4)[C@H]4NC[C@](C)(O)CC#C[C@@H](CO)C[C@H]5C[C@@]([C@@H]6CCN[C@@H](NC)C6)(CC=C6OC(=O)C7=C6CC[C@H]6[C@H]3CC[C@@]21[C@@H]76)C[C@@H]54)Cc1ccccc1. The van der Waals surface area contributed by atoms with Crippen molar-refractivity contribution in [2.24, 2.45) is 58.2 Å². The highest BCUT2D eigenvalue weighted by atomic mass is 16.6. The number of aliphatic hydroxyl groups excluding tert-OH is 1. The molecule has 12 nitrogen and oxygen atoms in total. The average Bonchev–Trinajstić information content (AvgIpc) is 1.64. The summed E-state index contributed by atoms with van der Waals surface area (Å²) in [4.78, 5) is 30.8. The predicted molar refractivity (Wildman–Crippen MR) is 332 cm³/mol. The summed E-state index contributed by atoms with van der Waals surface area (Å²) in [5.41, 5.74) is 9.86. The third-order valence-electron chi connectivity index (χ3n) is 21.8. The fourth-order valence-electron chi connectivity index (χ4n) is 17.9. The van der Waals surface area contributed by atoms with Gasteiger partial charge in [0, 0.05) is 55.1 Å². The lowest BCUT2D eigenvalue weighted by Gasteiger charge is -2.56. The Hall–Kier alpha value is -6.14. The normalized spacial score (nSPS) is 33.4. The van der Waals surface area contributed by atoms with E-state index in [1.807, 2.05) is 39.2 Å². The number of aromatic hydroxyl groups is 1. The number of carbonyl (C=O) groups is 2. The fraction of sp³-hybridized carbons (Fsp3) is 0.507. The number of allylic oxidation sites excluding steroid dienone is 5. The number of carbonyl (C=O) groups excluding carboxylic acids is 2. The average molecular weight is 1150 g/mol. The third-order valence-corrected chi connectivity index (χ3v) is 21.8. The lowest BCUT2D eigenvalue weighted by atomic mass is 9.44. The van der Waals surface area contributed by atoms with Crippen molar-refractivity contribution in [3.05, 3.63) is 165 Å². The number of aliphatic hydroxyl groups is 2. The van der Waals surface area contributed by atoms with Gasteiger partial charge in [0.25, 0.3) is 0 Å². The van der Waals surface area contributed by atoms with Gasteiger partial charge in [-0.05, 0) is 239 Å². The van der Waals surface area contributed by atoms with Crippen molar-refractivity contribution in [1.29, 1.82) is 0 Å². The van der Waals surface area contributed by atoms with Crippen LogP contribution in [0.5, 0.6) is 5.75 Å². The zero-order chi connectivity index (χ0) is 58.6. The standard InChI is InChI=1S/C73H87N5O7/c1-5-44(29-45-11-7-6-8-12-45)35-62-73-26-20-56-57-18-19-58-61(84-69(81)65(58)66(57)73)21-25-72(53-23-28-77-63(36-53)75-4)38-52-33-48(42-79)14-10-24-71(2,83)43-78-68(60(52)39-72)51-31-46(30-49(34-51)40-74-3)22-27-76-41-47-13-9-15-50(32-47)55-17-16-54(80)37-59(55)64(56)67(73)70(82)85-62/h6-9,11-13,15-17,21,30-32,34-35,37,44,48,52-53,56-57,60,63,66,68,74-80,83H,5,18-20,22-29,33,36,38-43H2,1-4H3/b61-21?,62-35-/t44-,48+,52-,53+,56+,57-,60-,63+,66+,68+,71+,72-,73+/m0/s1. The van der Waals surface area contributed by atoms with Gasteiger partial charge in [0.2, 0.25) is 0 Å². The van der Waals surface area contributed by atoms with Crippen LogP contribution >= 0.6 is 0 Å². The van der Waals surface area contributed by atoms with Crippen LogP contribution in [0.4, 0.5) is 0 Å². The molecule has 11 aliphatic rings. The largest absolute Gasteiger partial charge is 0.508 e. The number of β-amino-alcohol motifs (C(OH)–C–C–N with tert-alkyl or cyclic N) is 1. The molecule has 4 aromatic rings. The number of benzene rings is 4. The second-order valence-electron chi connectivity index (χ2n) is 27.1. The molecule has 5 aliphatic carbocycles. The van der Waals surface area contributed by atoms with E-state index >= 15 is 9.59 Å². The van der Waals surface area contributed by atoms with E-state index < -0.39 is 11.0 Å². The number of nitrogens with one attached hydrogen (secondary N) is 5. The Balaban J connectivity index is 1.00. The number of phenolic OH excluding ortho intramolecular Hbond substituents is 1. The molecule has 13 atom stereocenters. The van der Waals surface area contributed by atoms with Crippen LogP contribution in [0.3, 0.4) is 0 Å². The maximum absolute atomic E-state index is 15.4. The van der Waals surface area contributed by atoms with Crippen molar-refractivity contribution in [3.8, 4) is 28.7 Å². The van der Waals surface area contributed by atoms with Crippen molar-refractivity contribution < 1.29 is 34.4 Å². The van der Waals surface area contributed by atoms with Gasteiger partial charge in [-0.1, -0.05) is 91.6 Å². The van der Waals surface area contributed by atoms with Crippen LogP contribution in [-0.4, -0.2) is 79.4 Å². The van der Waals surface area contributed by atoms with E-state index in [0.29, 0.717) is 73.9 Å². The molecule has 14 bridgehead atoms. The maximum Gasteiger partial charge on any atom is 0.340 e. The van der Waals surface area contributed by atoms with E-state index in [1.165, 1.54) is 22.3 Å². The first-order chi connectivity index (χ1) is 41.3. The lowest BCUT2D eigenvalue weighted by molar-refractivity contribution is -0.135. The summed E-state index contributed by atoms with van der Waals surface area (Å²) in [5, 5.41) is 53.3. The number of piperidine rings is 1. The molecule has 0 unspecified atom stereocenters. The summed E-state index contributed by atoms with van der Waals surface area (Å²) in [6.45, 7) is 7.37. The Labute approximate surface area is 502 Å². The second kappa shape index (κ2) is 23.9. The van der Waals surface area contributed by atoms with Crippen LogP contribution in [0.15, 0.2) is 131 Å². The Bertz CT molecular complexity index is 3420. The molecule has 446 valence electrons. The van der Waals surface area contributed by atoms with Gasteiger partial charge in [0.15, 0.2) is 0 Å². The molecular formula is C73H87N5O7. The number of phenols is 1. The van der Waals surface area contributed by atoms with Crippen LogP contribution in [0.25, 0.3) is 16.7 Å². The van der Waals surface area contributed by atoms with Gasteiger partial charge in [-0.15, -0.1) is 0 Å². The molecular weight excluding hydrogens is 1060 g/mol. The molecule has 0 amide bonds. The van der Waals surface area contributed by atoms with Crippen molar-refractivity contribution in [1.82, 2.24) is 26.6 Å². The molecule has 2 saturated heterocycles. The van der Waals surface area contributed by atoms with Crippen molar-refractivity contribution in [2.75, 3.05) is 40.3 Å². The minimum atomic E-state index is -1.10. The van der Waals surface area contributed by atoms with Gasteiger partial charge in [0.1, 0.15) is 17.3 Å². The van der Waals surface area contributed by atoms with E-state index in [-0.39, 0.29) is 83.3 Å². The summed E-state index contributed by atoms with van der Waals surface area (Å²) < 4.78 is 13.6. The monoisotopic (exact) mass is 1150 g/mol. The highest BCUT2D eigenvalue weighted by Crippen LogP contribution is 2.72. The van der Waals surface area contributed by atoms with Gasteiger partial charge < -0.3 is 51.4 Å². The predicted octanol–water partition coefficient (Wildman–Crippen LogP) is 10.5. The number of cyclic esters (lactones) is 1. The number of fused-ring (bicyclic) bond motifs is 5. The first kappa shape index (κ1) is 57.9. The molecule has 2 saturated carbocycles. The molecule has 6 aliphatic heterocycles. The number of rotatable bonds is 9. The zero-order valence-corrected chi connectivity index (χ0v) is 50.2. The van der Waals surface area contributed by atoms with Gasteiger partial charge in [-0.2, -0.15) is 0 Å². The van der Waals surface area contributed by atoms with E-state index in [1.54, 1.807) is 6.07 Å². The molecule has 4 fully saturated rings. The van der Waals surface area contributed by atoms with Crippen molar-refractivity contribution >= 4 is 17.5 Å². The molecule has 15 rings (SSSR count).